The Hall–Kier alpha value is -3.31. The molecule has 0 spiro atoms. The van der Waals surface area contributed by atoms with E-state index in [4.69, 9.17) is 14.2 Å². The number of carbonyl (C=O) groups excluding carboxylic acids is 1. The smallest absolute Gasteiger partial charge is 0.343 e. The number of ether oxygens (including phenoxy) is 3. The van der Waals surface area contributed by atoms with E-state index in [1.165, 1.54) is 0 Å². The van der Waals surface area contributed by atoms with Gasteiger partial charge < -0.3 is 14.2 Å². The van der Waals surface area contributed by atoms with E-state index in [-0.39, 0.29) is 6.23 Å². The predicted octanol–water partition coefficient (Wildman–Crippen LogP) is 4.71. The van der Waals surface area contributed by atoms with Crippen LogP contribution in [0.5, 0.6) is 11.5 Å². The molecule has 4 rings (SSSR count). The van der Waals surface area contributed by atoms with Crippen LogP contribution >= 0.6 is 0 Å². The third-order valence-corrected chi connectivity index (χ3v) is 4.93. The van der Waals surface area contributed by atoms with Crippen molar-refractivity contribution >= 4 is 5.97 Å². The summed E-state index contributed by atoms with van der Waals surface area (Å²) in [6, 6.07) is 25.0. The van der Waals surface area contributed by atoms with Crippen molar-refractivity contribution in [2.24, 2.45) is 0 Å². The molecule has 1 aliphatic heterocycles. The Labute approximate surface area is 176 Å². The van der Waals surface area contributed by atoms with E-state index >= 15 is 0 Å². The second kappa shape index (κ2) is 9.94. The summed E-state index contributed by atoms with van der Waals surface area (Å²) in [4.78, 5) is 12.9. The van der Waals surface area contributed by atoms with Crippen molar-refractivity contribution in [3.8, 4) is 11.5 Å². The zero-order valence-electron chi connectivity index (χ0n) is 16.8. The van der Waals surface area contributed by atoms with E-state index in [1.54, 1.807) is 12.1 Å². The second-order valence-electron chi connectivity index (χ2n) is 7.17. The summed E-state index contributed by atoms with van der Waals surface area (Å²) in [5, 5.41) is 3.18. The number of nitrogens with one attached hydrogen (secondary N) is 1. The number of benzene rings is 3. The summed E-state index contributed by atoms with van der Waals surface area (Å²) in [7, 11) is 0. The van der Waals surface area contributed by atoms with E-state index in [9.17, 15) is 4.79 Å². The van der Waals surface area contributed by atoms with Crippen LogP contribution in [0.15, 0.2) is 78.9 Å². The first kappa shape index (κ1) is 20.0. The third kappa shape index (κ3) is 5.19. The highest BCUT2D eigenvalue weighted by Crippen LogP contribution is 2.33. The molecule has 0 aliphatic carbocycles. The molecule has 154 valence electrons. The van der Waals surface area contributed by atoms with Gasteiger partial charge >= 0.3 is 5.97 Å². The van der Waals surface area contributed by atoms with Gasteiger partial charge in [-0.3, -0.25) is 5.32 Å². The summed E-state index contributed by atoms with van der Waals surface area (Å²) < 4.78 is 17.7. The van der Waals surface area contributed by atoms with Gasteiger partial charge in [-0.05, 0) is 42.6 Å². The number of hydrogen-bond acceptors (Lipinski definition) is 5. The van der Waals surface area contributed by atoms with Crippen LogP contribution < -0.4 is 14.8 Å². The fraction of sp³-hybridized carbons (Fsp3) is 0.240. The summed E-state index contributed by atoms with van der Waals surface area (Å²) in [6.45, 7) is 1.56. The number of rotatable bonds is 8. The molecule has 1 aliphatic rings. The lowest BCUT2D eigenvalue weighted by Gasteiger charge is -2.18. The van der Waals surface area contributed by atoms with E-state index < -0.39 is 5.97 Å². The van der Waals surface area contributed by atoms with Crippen LogP contribution in [0.2, 0.25) is 0 Å². The lowest BCUT2D eigenvalue weighted by atomic mass is 10.1. The van der Waals surface area contributed by atoms with E-state index in [1.807, 2.05) is 66.7 Å². The Morgan fingerprint density at radius 3 is 2.13 bits per heavy atom. The van der Waals surface area contributed by atoms with Gasteiger partial charge in [0.15, 0.2) is 17.7 Å². The normalized spacial score (nSPS) is 15.5. The molecule has 0 aromatic heterocycles. The van der Waals surface area contributed by atoms with Crippen LogP contribution in [-0.2, 0) is 18.0 Å². The summed E-state index contributed by atoms with van der Waals surface area (Å²) >= 11 is 0. The van der Waals surface area contributed by atoms with Crippen LogP contribution in [-0.4, -0.2) is 18.7 Å². The van der Waals surface area contributed by atoms with Gasteiger partial charge in [0.25, 0.3) is 0 Å². The molecule has 1 unspecified atom stereocenters. The molecule has 1 heterocycles. The van der Waals surface area contributed by atoms with Gasteiger partial charge in [-0.1, -0.05) is 66.7 Å². The SMILES string of the molecule is O=C(OC1CCCN1)c1cccc(OCc2ccccc2)c1OCc1ccccc1. The van der Waals surface area contributed by atoms with Crippen LogP contribution in [0.1, 0.15) is 34.3 Å². The zero-order chi connectivity index (χ0) is 20.6. The van der Waals surface area contributed by atoms with Crippen molar-refractivity contribution in [2.45, 2.75) is 32.3 Å². The highest BCUT2D eigenvalue weighted by atomic mass is 16.6. The zero-order valence-corrected chi connectivity index (χ0v) is 16.8. The quantitative estimate of drug-likeness (QED) is 0.552. The molecule has 1 N–H and O–H groups in total. The highest BCUT2D eigenvalue weighted by Gasteiger charge is 2.24. The molecule has 3 aromatic rings. The fourth-order valence-corrected chi connectivity index (χ4v) is 3.35. The first-order valence-electron chi connectivity index (χ1n) is 10.2. The molecule has 0 bridgehead atoms. The van der Waals surface area contributed by atoms with Crippen molar-refractivity contribution in [3.63, 3.8) is 0 Å². The monoisotopic (exact) mass is 403 g/mol. The van der Waals surface area contributed by atoms with Crippen LogP contribution in [0.3, 0.4) is 0 Å². The first-order valence-corrected chi connectivity index (χ1v) is 10.2. The van der Waals surface area contributed by atoms with Crippen LogP contribution in [0, 0.1) is 0 Å². The Bertz CT molecular complexity index is 953. The topological polar surface area (TPSA) is 56.8 Å². The van der Waals surface area contributed by atoms with Crippen LogP contribution in [0.25, 0.3) is 0 Å². The molecule has 0 radical (unpaired) electrons. The first-order chi connectivity index (χ1) is 14.8. The second-order valence-corrected chi connectivity index (χ2v) is 7.17. The summed E-state index contributed by atoms with van der Waals surface area (Å²) in [5.74, 6) is 0.506. The highest BCUT2D eigenvalue weighted by molar-refractivity contribution is 5.93. The average Bonchev–Trinajstić information content (AvgIpc) is 3.31. The molecule has 30 heavy (non-hydrogen) atoms. The molecule has 0 saturated carbocycles. The fourth-order valence-electron chi connectivity index (χ4n) is 3.35. The predicted molar refractivity (Wildman–Crippen MR) is 114 cm³/mol. The number of esters is 1. The maximum Gasteiger partial charge on any atom is 0.343 e. The Morgan fingerprint density at radius 2 is 1.50 bits per heavy atom. The minimum atomic E-state index is -0.414. The van der Waals surface area contributed by atoms with Gasteiger partial charge in [-0.2, -0.15) is 0 Å². The molecule has 1 atom stereocenters. The van der Waals surface area contributed by atoms with Crippen molar-refractivity contribution < 1.29 is 19.0 Å². The third-order valence-electron chi connectivity index (χ3n) is 4.93. The summed E-state index contributed by atoms with van der Waals surface area (Å²) in [6.07, 6.45) is 1.56. The van der Waals surface area contributed by atoms with Crippen molar-refractivity contribution in [3.05, 3.63) is 95.6 Å². The maximum atomic E-state index is 12.9. The van der Waals surface area contributed by atoms with Gasteiger partial charge in [-0.25, -0.2) is 4.79 Å². The molecule has 3 aromatic carbocycles. The number of para-hydroxylation sites is 1. The van der Waals surface area contributed by atoms with E-state index in [0.29, 0.717) is 30.3 Å². The number of hydrogen-bond donors (Lipinski definition) is 1. The van der Waals surface area contributed by atoms with Crippen molar-refractivity contribution in [1.29, 1.82) is 0 Å². The van der Waals surface area contributed by atoms with Crippen LogP contribution in [0.4, 0.5) is 0 Å². The molecule has 0 amide bonds. The minimum absolute atomic E-state index is 0.256. The van der Waals surface area contributed by atoms with Gasteiger partial charge in [-0.15, -0.1) is 0 Å². The van der Waals surface area contributed by atoms with Gasteiger partial charge in [0.05, 0.1) is 0 Å². The average molecular weight is 403 g/mol. The van der Waals surface area contributed by atoms with Gasteiger partial charge in [0, 0.05) is 0 Å². The molecular formula is C25H25NO4. The lowest BCUT2D eigenvalue weighted by Crippen LogP contribution is -2.27. The molecular weight excluding hydrogens is 378 g/mol. The van der Waals surface area contributed by atoms with Gasteiger partial charge in [0.2, 0.25) is 0 Å². The maximum absolute atomic E-state index is 12.9. The molecule has 5 nitrogen and oxygen atoms in total. The Kier molecular flexibility index (Phi) is 6.62. The Morgan fingerprint density at radius 1 is 0.833 bits per heavy atom. The van der Waals surface area contributed by atoms with E-state index in [0.717, 1.165) is 30.5 Å². The van der Waals surface area contributed by atoms with Gasteiger partial charge in [0.1, 0.15) is 18.8 Å². The minimum Gasteiger partial charge on any atom is -0.485 e. The summed E-state index contributed by atoms with van der Waals surface area (Å²) in [5.41, 5.74) is 2.41. The largest absolute Gasteiger partial charge is 0.485 e. The molecule has 1 fully saturated rings. The number of carbonyl (C=O) groups is 1. The van der Waals surface area contributed by atoms with E-state index in [2.05, 4.69) is 5.32 Å². The van der Waals surface area contributed by atoms with Crippen molar-refractivity contribution in [2.75, 3.05) is 6.54 Å². The van der Waals surface area contributed by atoms with Crippen molar-refractivity contribution in [1.82, 2.24) is 5.32 Å². The molecule has 1 saturated heterocycles. The lowest BCUT2D eigenvalue weighted by molar-refractivity contribution is 0.0262. The Balaban J connectivity index is 1.56. The standard InChI is InChI=1S/C25H25NO4/c27-25(30-23-15-8-16-26-23)21-13-7-14-22(28-17-19-9-3-1-4-10-19)24(21)29-18-20-11-5-2-6-12-20/h1-7,9-14,23,26H,8,15-18H2. The molecule has 5 heteroatoms.